The molecule has 0 fully saturated rings. The summed E-state index contributed by atoms with van der Waals surface area (Å²) < 4.78 is 39.2. The molecule has 1 amide bonds. The Hall–Kier alpha value is -2.06. The van der Waals surface area contributed by atoms with Crippen LogP contribution >= 0.6 is 12.4 Å². The van der Waals surface area contributed by atoms with E-state index in [0.717, 1.165) is 10.7 Å². The molecule has 0 radical (unpaired) electrons. The molecule has 0 aliphatic heterocycles. The Labute approximate surface area is 162 Å². The fraction of sp³-hybridized carbons (Fsp3) is 0.444. The molecule has 0 saturated heterocycles. The standard InChI is InChI=1S/C18H23F3N4O.ClH/c1-12(2)15(22)7-9-24(3)17(26)13-5-4-6-14(11-13)25-10-8-16(23-25)18(19,20)21;/h4-6,8,10-12,15H,7,9,22H2,1-3H3;1H. The highest BCUT2D eigenvalue weighted by Crippen LogP contribution is 2.28. The predicted molar refractivity (Wildman–Crippen MR) is 100 cm³/mol. The van der Waals surface area contributed by atoms with Crippen molar-refractivity contribution in [1.82, 2.24) is 14.7 Å². The third kappa shape index (κ3) is 5.97. The molecule has 0 bridgehead atoms. The van der Waals surface area contributed by atoms with E-state index >= 15 is 0 Å². The molecule has 9 heteroatoms. The largest absolute Gasteiger partial charge is 0.435 e. The lowest BCUT2D eigenvalue weighted by molar-refractivity contribution is -0.141. The van der Waals surface area contributed by atoms with E-state index in [0.29, 0.717) is 30.1 Å². The third-order valence-corrected chi connectivity index (χ3v) is 4.24. The van der Waals surface area contributed by atoms with Crippen molar-refractivity contribution in [2.24, 2.45) is 11.7 Å². The van der Waals surface area contributed by atoms with Crippen molar-refractivity contribution < 1.29 is 18.0 Å². The summed E-state index contributed by atoms with van der Waals surface area (Å²) in [6.07, 6.45) is -2.61. The lowest BCUT2D eigenvalue weighted by atomic mass is 10.0. The molecule has 27 heavy (non-hydrogen) atoms. The van der Waals surface area contributed by atoms with Crippen LogP contribution in [-0.4, -0.2) is 40.2 Å². The predicted octanol–water partition coefficient (Wildman–Crippen LogP) is 3.76. The van der Waals surface area contributed by atoms with E-state index in [2.05, 4.69) is 5.10 Å². The lowest BCUT2D eigenvalue weighted by Gasteiger charge is -2.21. The monoisotopic (exact) mass is 404 g/mol. The second kappa shape index (κ2) is 9.23. The van der Waals surface area contributed by atoms with Gasteiger partial charge in [-0.3, -0.25) is 4.79 Å². The number of halogens is 4. The molecule has 1 heterocycles. The SMILES string of the molecule is CC(C)C(N)CCN(C)C(=O)c1cccc(-n2ccc(C(F)(F)F)n2)c1.Cl. The van der Waals surface area contributed by atoms with Gasteiger partial charge in [0.1, 0.15) is 0 Å². The first-order valence-electron chi connectivity index (χ1n) is 8.34. The summed E-state index contributed by atoms with van der Waals surface area (Å²) in [5.41, 5.74) is 5.79. The van der Waals surface area contributed by atoms with Crippen molar-refractivity contribution >= 4 is 18.3 Å². The maximum Gasteiger partial charge on any atom is 0.435 e. The first-order valence-corrected chi connectivity index (χ1v) is 8.34. The number of hydrogen-bond donors (Lipinski definition) is 1. The number of hydrogen-bond acceptors (Lipinski definition) is 3. The average molecular weight is 405 g/mol. The maximum atomic E-state index is 12.7. The van der Waals surface area contributed by atoms with Crippen LogP contribution in [0.15, 0.2) is 36.5 Å². The Morgan fingerprint density at radius 3 is 2.52 bits per heavy atom. The van der Waals surface area contributed by atoms with E-state index in [9.17, 15) is 18.0 Å². The van der Waals surface area contributed by atoms with Gasteiger partial charge < -0.3 is 10.6 Å². The molecule has 0 aliphatic rings. The molecule has 150 valence electrons. The minimum absolute atomic E-state index is 0. The quantitative estimate of drug-likeness (QED) is 0.797. The average Bonchev–Trinajstić information content (AvgIpc) is 3.09. The van der Waals surface area contributed by atoms with E-state index < -0.39 is 11.9 Å². The van der Waals surface area contributed by atoms with Crippen LogP contribution in [0.5, 0.6) is 0 Å². The van der Waals surface area contributed by atoms with Gasteiger partial charge in [-0.15, -0.1) is 12.4 Å². The van der Waals surface area contributed by atoms with Gasteiger partial charge in [0.2, 0.25) is 0 Å². The minimum atomic E-state index is -4.51. The Morgan fingerprint density at radius 2 is 1.96 bits per heavy atom. The molecule has 2 N–H and O–H groups in total. The topological polar surface area (TPSA) is 64.2 Å². The lowest BCUT2D eigenvalue weighted by Crippen LogP contribution is -2.34. The Kier molecular flexibility index (Phi) is 7.86. The van der Waals surface area contributed by atoms with E-state index in [1.54, 1.807) is 30.1 Å². The molecule has 2 aromatic rings. The zero-order valence-corrected chi connectivity index (χ0v) is 16.2. The molecule has 1 aromatic carbocycles. The smallest absolute Gasteiger partial charge is 0.342 e. The van der Waals surface area contributed by atoms with E-state index in [4.69, 9.17) is 5.73 Å². The Balaban J connectivity index is 0.00000364. The van der Waals surface area contributed by atoms with Gasteiger partial charge in [-0.2, -0.15) is 18.3 Å². The summed E-state index contributed by atoms with van der Waals surface area (Å²) in [5, 5.41) is 3.53. The van der Waals surface area contributed by atoms with Gasteiger partial charge in [0, 0.05) is 31.4 Å². The number of benzene rings is 1. The number of aromatic nitrogens is 2. The third-order valence-electron chi connectivity index (χ3n) is 4.24. The molecule has 1 atom stereocenters. The fourth-order valence-corrected chi connectivity index (χ4v) is 2.40. The molecular formula is C18H24ClF3N4O. The summed E-state index contributed by atoms with van der Waals surface area (Å²) in [5.74, 6) is 0.107. The highest BCUT2D eigenvalue weighted by Gasteiger charge is 2.33. The van der Waals surface area contributed by atoms with Gasteiger partial charge in [0.25, 0.3) is 5.91 Å². The van der Waals surface area contributed by atoms with Gasteiger partial charge in [0.15, 0.2) is 5.69 Å². The first-order chi connectivity index (χ1) is 12.1. The van der Waals surface area contributed by atoms with E-state index in [1.807, 2.05) is 13.8 Å². The van der Waals surface area contributed by atoms with E-state index in [-0.39, 0.29) is 24.4 Å². The molecule has 0 aliphatic carbocycles. The van der Waals surface area contributed by atoms with Crippen LogP contribution in [0.2, 0.25) is 0 Å². The van der Waals surface area contributed by atoms with Crippen molar-refractivity contribution in [3.05, 3.63) is 47.8 Å². The van der Waals surface area contributed by atoms with Crippen molar-refractivity contribution in [2.45, 2.75) is 32.5 Å². The second-order valence-electron chi connectivity index (χ2n) is 6.62. The van der Waals surface area contributed by atoms with Crippen LogP contribution in [0.4, 0.5) is 13.2 Å². The molecule has 5 nitrogen and oxygen atoms in total. The summed E-state index contributed by atoms with van der Waals surface area (Å²) in [6, 6.07) is 7.26. The van der Waals surface area contributed by atoms with Crippen LogP contribution in [-0.2, 0) is 6.18 Å². The minimum Gasteiger partial charge on any atom is -0.342 e. The number of alkyl halides is 3. The summed E-state index contributed by atoms with van der Waals surface area (Å²) in [7, 11) is 1.68. The van der Waals surface area contributed by atoms with Gasteiger partial charge in [-0.25, -0.2) is 4.68 Å². The van der Waals surface area contributed by atoms with Crippen molar-refractivity contribution in [1.29, 1.82) is 0 Å². The summed E-state index contributed by atoms with van der Waals surface area (Å²) in [4.78, 5) is 14.1. The molecular weight excluding hydrogens is 381 g/mol. The molecule has 1 unspecified atom stereocenters. The zero-order chi connectivity index (χ0) is 19.5. The fourth-order valence-electron chi connectivity index (χ4n) is 2.40. The first kappa shape index (κ1) is 23.0. The Morgan fingerprint density at radius 1 is 1.30 bits per heavy atom. The van der Waals surface area contributed by atoms with Crippen LogP contribution in [0, 0.1) is 5.92 Å². The van der Waals surface area contributed by atoms with Crippen LogP contribution in [0.25, 0.3) is 5.69 Å². The van der Waals surface area contributed by atoms with Gasteiger partial charge in [-0.1, -0.05) is 19.9 Å². The highest BCUT2D eigenvalue weighted by molar-refractivity contribution is 5.94. The van der Waals surface area contributed by atoms with E-state index in [1.165, 1.54) is 12.3 Å². The second-order valence-corrected chi connectivity index (χ2v) is 6.62. The summed E-state index contributed by atoms with van der Waals surface area (Å²) in [6.45, 7) is 4.55. The van der Waals surface area contributed by atoms with Gasteiger partial charge in [0.05, 0.1) is 5.69 Å². The number of amides is 1. The number of carbonyl (C=O) groups excluding carboxylic acids is 1. The zero-order valence-electron chi connectivity index (χ0n) is 15.4. The number of rotatable bonds is 6. The van der Waals surface area contributed by atoms with Crippen molar-refractivity contribution in [3.63, 3.8) is 0 Å². The molecule has 1 aromatic heterocycles. The number of carbonyl (C=O) groups is 1. The molecule has 0 saturated carbocycles. The number of nitrogens with two attached hydrogens (primary N) is 1. The van der Waals surface area contributed by atoms with Gasteiger partial charge >= 0.3 is 6.18 Å². The van der Waals surface area contributed by atoms with Gasteiger partial charge in [-0.05, 0) is 36.6 Å². The van der Waals surface area contributed by atoms with Crippen LogP contribution in [0.3, 0.4) is 0 Å². The maximum absolute atomic E-state index is 12.7. The number of nitrogens with zero attached hydrogens (tertiary/aromatic N) is 3. The van der Waals surface area contributed by atoms with Crippen molar-refractivity contribution in [3.8, 4) is 5.69 Å². The molecule has 0 spiro atoms. The normalized spacial score (nSPS) is 12.6. The molecule has 2 rings (SSSR count). The van der Waals surface area contributed by atoms with Crippen molar-refractivity contribution in [2.75, 3.05) is 13.6 Å². The summed E-state index contributed by atoms with van der Waals surface area (Å²) >= 11 is 0. The Bertz CT molecular complexity index is 761. The van der Waals surface area contributed by atoms with Crippen LogP contribution in [0.1, 0.15) is 36.3 Å². The van der Waals surface area contributed by atoms with Crippen LogP contribution < -0.4 is 5.73 Å². The highest BCUT2D eigenvalue weighted by atomic mass is 35.5.